The van der Waals surface area contributed by atoms with Crippen molar-refractivity contribution in [3.8, 4) is 5.75 Å². The minimum Gasteiger partial charge on any atom is -0.482 e. The number of ether oxygens (including phenoxy) is 2. The maximum absolute atomic E-state index is 11.9. The lowest BCUT2D eigenvalue weighted by molar-refractivity contribution is -0.150. The molecule has 6 heteroatoms. The van der Waals surface area contributed by atoms with E-state index in [4.69, 9.17) is 21.1 Å². The monoisotopic (exact) mass is 375 g/mol. The van der Waals surface area contributed by atoms with Crippen LogP contribution >= 0.6 is 11.6 Å². The third kappa shape index (κ3) is 6.41. The van der Waals surface area contributed by atoms with Crippen molar-refractivity contribution >= 4 is 23.5 Å². The van der Waals surface area contributed by atoms with Crippen LogP contribution in [-0.4, -0.2) is 25.1 Å². The SMILES string of the molecule is CCc1ccc(OCC(=O)OCC(=O)N[C@H](C)c2cccc(Cl)c2)cc1. The topological polar surface area (TPSA) is 64.6 Å². The van der Waals surface area contributed by atoms with Gasteiger partial charge in [-0.05, 0) is 48.7 Å². The van der Waals surface area contributed by atoms with Crippen LogP contribution in [0.3, 0.4) is 0 Å². The van der Waals surface area contributed by atoms with Gasteiger partial charge in [0, 0.05) is 5.02 Å². The van der Waals surface area contributed by atoms with E-state index in [1.165, 1.54) is 5.56 Å². The number of hydrogen-bond donors (Lipinski definition) is 1. The van der Waals surface area contributed by atoms with Crippen LogP contribution in [0.1, 0.15) is 31.0 Å². The van der Waals surface area contributed by atoms with Gasteiger partial charge >= 0.3 is 5.97 Å². The number of rotatable bonds is 8. The third-order valence-corrected chi connectivity index (χ3v) is 4.01. The standard InChI is InChI=1S/C20H22ClNO4/c1-3-15-7-9-18(10-8-15)25-13-20(24)26-12-19(23)22-14(2)16-5-4-6-17(21)11-16/h4-11,14H,3,12-13H2,1-2H3,(H,22,23)/t14-/m1/s1. The fourth-order valence-corrected chi connectivity index (χ4v) is 2.49. The van der Waals surface area contributed by atoms with Gasteiger partial charge in [-0.15, -0.1) is 0 Å². The molecule has 2 aromatic carbocycles. The Balaban J connectivity index is 1.71. The second kappa shape index (κ2) is 9.82. The summed E-state index contributed by atoms with van der Waals surface area (Å²) in [6.45, 7) is 3.28. The number of halogens is 1. The first-order chi connectivity index (χ1) is 12.5. The van der Waals surface area contributed by atoms with E-state index in [2.05, 4.69) is 12.2 Å². The summed E-state index contributed by atoms with van der Waals surface area (Å²) in [4.78, 5) is 23.6. The minimum atomic E-state index is -0.602. The first kappa shape index (κ1) is 19.8. The highest BCUT2D eigenvalue weighted by molar-refractivity contribution is 6.30. The Kier molecular flexibility index (Phi) is 7.48. The number of amides is 1. The smallest absolute Gasteiger partial charge is 0.344 e. The van der Waals surface area contributed by atoms with Gasteiger partial charge in [0.25, 0.3) is 5.91 Å². The molecule has 5 nitrogen and oxygen atoms in total. The highest BCUT2D eigenvalue weighted by Crippen LogP contribution is 2.17. The first-order valence-electron chi connectivity index (χ1n) is 8.40. The van der Waals surface area contributed by atoms with Crippen LogP contribution in [0, 0.1) is 0 Å². The molecule has 0 aliphatic heterocycles. The van der Waals surface area contributed by atoms with E-state index in [1.54, 1.807) is 24.3 Å². The highest BCUT2D eigenvalue weighted by atomic mass is 35.5. The quantitative estimate of drug-likeness (QED) is 0.714. The van der Waals surface area contributed by atoms with Crippen molar-refractivity contribution in [1.82, 2.24) is 5.32 Å². The summed E-state index contributed by atoms with van der Waals surface area (Å²) in [5.41, 5.74) is 2.06. The van der Waals surface area contributed by atoms with Gasteiger partial charge in [0.1, 0.15) is 5.75 Å². The summed E-state index contributed by atoms with van der Waals surface area (Å²) in [5, 5.41) is 3.35. The number of hydrogen-bond acceptors (Lipinski definition) is 4. The molecule has 0 unspecified atom stereocenters. The maximum atomic E-state index is 11.9. The molecule has 2 rings (SSSR count). The van der Waals surface area contributed by atoms with Gasteiger partial charge in [-0.2, -0.15) is 0 Å². The number of carbonyl (C=O) groups excluding carboxylic acids is 2. The lowest BCUT2D eigenvalue weighted by Gasteiger charge is -2.14. The van der Waals surface area contributed by atoms with Crippen LogP contribution < -0.4 is 10.1 Å². The minimum absolute atomic E-state index is 0.242. The predicted molar refractivity (Wildman–Crippen MR) is 100 cm³/mol. The van der Waals surface area contributed by atoms with Crippen molar-refractivity contribution in [2.24, 2.45) is 0 Å². The molecule has 0 saturated heterocycles. The van der Waals surface area contributed by atoms with Gasteiger partial charge in [0.2, 0.25) is 0 Å². The van der Waals surface area contributed by atoms with E-state index in [-0.39, 0.29) is 19.3 Å². The Morgan fingerprint density at radius 1 is 1.12 bits per heavy atom. The van der Waals surface area contributed by atoms with Gasteiger partial charge in [0.15, 0.2) is 13.2 Å². The number of nitrogens with one attached hydrogen (secondary N) is 1. The lowest BCUT2D eigenvalue weighted by Crippen LogP contribution is -2.31. The molecule has 0 aliphatic rings. The van der Waals surface area contributed by atoms with Crippen molar-refractivity contribution in [3.05, 3.63) is 64.7 Å². The predicted octanol–water partition coefficient (Wildman–Crippen LogP) is 3.70. The molecular formula is C20H22ClNO4. The van der Waals surface area contributed by atoms with Gasteiger partial charge < -0.3 is 14.8 Å². The molecular weight excluding hydrogens is 354 g/mol. The normalized spacial score (nSPS) is 11.5. The summed E-state index contributed by atoms with van der Waals surface area (Å²) >= 11 is 5.93. The number of benzene rings is 2. The molecule has 0 fully saturated rings. The molecule has 138 valence electrons. The van der Waals surface area contributed by atoms with Crippen molar-refractivity contribution in [3.63, 3.8) is 0 Å². The van der Waals surface area contributed by atoms with Gasteiger partial charge in [-0.3, -0.25) is 4.79 Å². The maximum Gasteiger partial charge on any atom is 0.344 e. The average molecular weight is 376 g/mol. The van der Waals surface area contributed by atoms with E-state index in [9.17, 15) is 9.59 Å². The molecule has 0 saturated carbocycles. The van der Waals surface area contributed by atoms with Crippen LogP contribution in [0.25, 0.3) is 0 Å². The van der Waals surface area contributed by atoms with Crippen molar-refractivity contribution in [2.45, 2.75) is 26.3 Å². The molecule has 0 radical (unpaired) electrons. The fraction of sp³-hybridized carbons (Fsp3) is 0.300. The molecule has 1 N–H and O–H groups in total. The average Bonchev–Trinajstić information content (AvgIpc) is 2.65. The van der Waals surface area contributed by atoms with E-state index < -0.39 is 11.9 Å². The van der Waals surface area contributed by atoms with Crippen LogP contribution in [0.2, 0.25) is 5.02 Å². The van der Waals surface area contributed by atoms with Gasteiger partial charge in [-0.1, -0.05) is 42.8 Å². The van der Waals surface area contributed by atoms with E-state index in [1.807, 2.05) is 31.2 Å². The molecule has 0 heterocycles. The Morgan fingerprint density at radius 3 is 2.50 bits per heavy atom. The summed E-state index contributed by atoms with van der Waals surface area (Å²) in [5.74, 6) is -0.411. The van der Waals surface area contributed by atoms with E-state index >= 15 is 0 Å². The third-order valence-electron chi connectivity index (χ3n) is 3.78. The summed E-state index contributed by atoms with van der Waals surface area (Å²) in [7, 11) is 0. The number of carbonyl (C=O) groups is 2. The molecule has 26 heavy (non-hydrogen) atoms. The van der Waals surface area contributed by atoms with Gasteiger partial charge in [-0.25, -0.2) is 4.79 Å². The summed E-state index contributed by atoms with van der Waals surface area (Å²) < 4.78 is 10.3. The van der Waals surface area contributed by atoms with E-state index in [0.29, 0.717) is 10.8 Å². The number of aryl methyl sites for hydroxylation is 1. The molecule has 0 bridgehead atoms. The van der Waals surface area contributed by atoms with Crippen molar-refractivity contribution in [1.29, 1.82) is 0 Å². The van der Waals surface area contributed by atoms with Crippen LogP contribution in [0.4, 0.5) is 0 Å². The largest absolute Gasteiger partial charge is 0.482 e. The zero-order chi connectivity index (χ0) is 18.9. The second-order valence-corrected chi connectivity index (χ2v) is 6.23. The molecule has 0 aromatic heterocycles. The molecule has 1 amide bonds. The zero-order valence-corrected chi connectivity index (χ0v) is 15.6. The first-order valence-corrected chi connectivity index (χ1v) is 8.78. The van der Waals surface area contributed by atoms with E-state index in [0.717, 1.165) is 12.0 Å². The Hall–Kier alpha value is -2.53. The van der Waals surface area contributed by atoms with Crippen LogP contribution in [0.5, 0.6) is 5.75 Å². The fourth-order valence-electron chi connectivity index (χ4n) is 2.29. The summed E-state index contributed by atoms with van der Waals surface area (Å²) in [6, 6.07) is 14.4. The summed E-state index contributed by atoms with van der Waals surface area (Å²) in [6.07, 6.45) is 0.936. The molecule has 0 spiro atoms. The molecule has 1 atom stereocenters. The Morgan fingerprint density at radius 2 is 1.85 bits per heavy atom. The van der Waals surface area contributed by atoms with Crippen molar-refractivity contribution < 1.29 is 19.1 Å². The van der Waals surface area contributed by atoms with Crippen LogP contribution in [-0.2, 0) is 20.7 Å². The zero-order valence-electron chi connectivity index (χ0n) is 14.8. The molecule has 2 aromatic rings. The second-order valence-electron chi connectivity index (χ2n) is 5.79. The lowest BCUT2D eigenvalue weighted by atomic mass is 10.1. The highest BCUT2D eigenvalue weighted by Gasteiger charge is 2.12. The number of esters is 1. The Bertz CT molecular complexity index is 746. The van der Waals surface area contributed by atoms with Crippen LogP contribution in [0.15, 0.2) is 48.5 Å². The Labute approximate surface area is 158 Å². The van der Waals surface area contributed by atoms with Crippen molar-refractivity contribution in [2.75, 3.05) is 13.2 Å². The van der Waals surface area contributed by atoms with Gasteiger partial charge in [0.05, 0.1) is 6.04 Å². The molecule has 0 aliphatic carbocycles.